The fraction of sp³-hybridized carbons (Fsp3) is 0.250. The number of nitrogens with two attached hydrogens (primary N) is 1. The molecule has 0 spiro atoms. The lowest BCUT2D eigenvalue weighted by Gasteiger charge is -2.07. The Bertz CT molecular complexity index is 503. The molecule has 0 atom stereocenters. The smallest absolute Gasteiger partial charge is 0.0325 e. The average Bonchev–Trinajstić information content (AvgIpc) is 2.37. The molecule has 94 valence electrons. The van der Waals surface area contributed by atoms with E-state index in [1.165, 1.54) is 16.0 Å². The summed E-state index contributed by atoms with van der Waals surface area (Å²) >= 11 is 1.82. The molecule has 18 heavy (non-hydrogen) atoms. The van der Waals surface area contributed by atoms with Gasteiger partial charge in [-0.05, 0) is 35.2 Å². The van der Waals surface area contributed by atoms with Crippen molar-refractivity contribution in [3.63, 3.8) is 0 Å². The first-order valence-electron chi connectivity index (χ1n) is 6.22. The van der Waals surface area contributed by atoms with E-state index in [9.17, 15) is 0 Å². The largest absolute Gasteiger partial charge is 0.399 e. The van der Waals surface area contributed by atoms with Gasteiger partial charge < -0.3 is 5.73 Å². The van der Waals surface area contributed by atoms with E-state index in [2.05, 4.69) is 44.2 Å². The second kappa shape index (κ2) is 5.96. The van der Waals surface area contributed by atoms with Crippen molar-refractivity contribution in [1.82, 2.24) is 0 Å². The van der Waals surface area contributed by atoms with Gasteiger partial charge in [0.1, 0.15) is 0 Å². The summed E-state index contributed by atoms with van der Waals surface area (Å²) in [6.07, 6.45) is 0. The molecule has 0 aliphatic heterocycles. The Kier molecular flexibility index (Phi) is 4.32. The van der Waals surface area contributed by atoms with Crippen molar-refractivity contribution in [2.24, 2.45) is 0 Å². The van der Waals surface area contributed by atoms with E-state index in [0.717, 1.165) is 11.4 Å². The van der Waals surface area contributed by atoms with E-state index in [1.54, 1.807) is 0 Å². The highest BCUT2D eigenvalue weighted by molar-refractivity contribution is 7.98. The Morgan fingerprint density at radius 3 is 2.39 bits per heavy atom. The zero-order valence-electron chi connectivity index (χ0n) is 10.9. The molecule has 2 rings (SSSR count). The van der Waals surface area contributed by atoms with E-state index >= 15 is 0 Å². The SMILES string of the molecule is CC(C)c1ccc(CSc2cccc(N)c2)cc1. The molecule has 2 aromatic carbocycles. The summed E-state index contributed by atoms with van der Waals surface area (Å²) in [7, 11) is 0. The molecule has 0 aromatic heterocycles. The van der Waals surface area contributed by atoms with E-state index < -0.39 is 0 Å². The van der Waals surface area contributed by atoms with E-state index in [1.807, 2.05) is 30.0 Å². The third-order valence-corrected chi connectivity index (χ3v) is 3.97. The summed E-state index contributed by atoms with van der Waals surface area (Å²) in [5.41, 5.74) is 9.35. The number of benzene rings is 2. The molecule has 0 fully saturated rings. The van der Waals surface area contributed by atoms with Crippen LogP contribution < -0.4 is 5.73 Å². The predicted octanol–water partition coefficient (Wildman–Crippen LogP) is 4.68. The van der Waals surface area contributed by atoms with Crippen LogP contribution in [0.3, 0.4) is 0 Å². The molecular formula is C16H19NS. The van der Waals surface area contributed by atoms with Gasteiger partial charge in [-0.2, -0.15) is 0 Å². The van der Waals surface area contributed by atoms with Crippen LogP contribution in [0.25, 0.3) is 0 Å². The number of anilines is 1. The van der Waals surface area contributed by atoms with Gasteiger partial charge in [-0.1, -0.05) is 44.2 Å². The average molecular weight is 257 g/mol. The van der Waals surface area contributed by atoms with Crippen LogP contribution >= 0.6 is 11.8 Å². The van der Waals surface area contributed by atoms with Gasteiger partial charge in [-0.25, -0.2) is 0 Å². The van der Waals surface area contributed by atoms with Crippen LogP contribution in [0.5, 0.6) is 0 Å². The standard InChI is InChI=1S/C16H19NS/c1-12(2)14-8-6-13(7-9-14)11-18-16-5-3-4-15(17)10-16/h3-10,12H,11,17H2,1-2H3. The molecule has 2 heteroatoms. The maximum Gasteiger partial charge on any atom is 0.0325 e. The van der Waals surface area contributed by atoms with Crippen LogP contribution in [0.1, 0.15) is 30.9 Å². The van der Waals surface area contributed by atoms with Crippen molar-refractivity contribution in [2.45, 2.75) is 30.4 Å². The van der Waals surface area contributed by atoms with Gasteiger partial charge in [-0.15, -0.1) is 11.8 Å². The summed E-state index contributed by atoms with van der Waals surface area (Å²) in [5, 5.41) is 0. The fourth-order valence-corrected chi connectivity index (χ4v) is 2.69. The van der Waals surface area contributed by atoms with Crippen LogP contribution in [-0.2, 0) is 5.75 Å². The molecule has 0 heterocycles. The summed E-state index contributed by atoms with van der Waals surface area (Å²) < 4.78 is 0. The molecule has 2 N–H and O–H groups in total. The van der Waals surface area contributed by atoms with Crippen LogP contribution in [-0.4, -0.2) is 0 Å². The van der Waals surface area contributed by atoms with Crippen molar-refractivity contribution in [1.29, 1.82) is 0 Å². The Balaban J connectivity index is 1.98. The number of rotatable bonds is 4. The second-order valence-corrected chi connectivity index (χ2v) is 5.81. The molecule has 0 saturated heterocycles. The molecule has 0 unspecified atom stereocenters. The minimum Gasteiger partial charge on any atom is -0.399 e. The van der Waals surface area contributed by atoms with Crippen molar-refractivity contribution in [2.75, 3.05) is 5.73 Å². The summed E-state index contributed by atoms with van der Waals surface area (Å²) in [6.45, 7) is 4.44. The van der Waals surface area contributed by atoms with Gasteiger partial charge in [0.05, 0.1) is 0 Å². The lowest BCUT2D eigenvalue weighted by atomic mass is 10.0. The van der Waals surface area contributed by atoms with Gasteiger partial charge in [-0.3, -0.25) is 0 Å². The third kappa shape index (κ3) is 3.54. The molecular weight excluding hydrogens is 238 g/mol. The van der Waals surface area contributed by atoms with E-state index in [0.29, 0.717) is 5.92 Å². The summed E-state index contributed by atoms with van der Waals surface area (Å²) in [6, 6.07) is 16.9. The topological polar surface area (TPSA) is 26.0 Å². The molecule has 0 saturated carbocycles. The first kappa shape index (κ1) is 13.0. The van der Waals surface area contributed by atoms with Gasteiger partial charge in [0.25, 0.3) is 0 Å². The lowest BCUT2D eigenvalue weighted by Crippen LogP contribution is -1.88. The highest BCUT2D eigenvalue weighted by Gasteiger charge is 2.00. The molecule has 0 amide bonds. The number of nitrogen functional groups attached to an aromatic ring is 1. The summed E-state index contributed by atoms with van der Waals surface area (Å²) in [5.74, 6) is 1.59. The van der Waals surface area contributed by atoms with E-state index in [-0.39, 0.29) is 0 Å². The van der Waals surface area contributed by atoms with Crippen molar-refractivity contribution in [3.05, 3.63) is 59.7 Å². The number of hydrogen-bond donors (Lipinski definition) is 1. The Morgan fingerprint density at radius 1 is 1.06 bits per heavy atom. The van der Waals surface area contributed by atoms with Crippen molar-refractivity contribution in [3.8, 4) is 0 Å². The Hall–Kier alpha value is -1.41. The Labute approximate surface area is 113 Å². The summed E-state index contributed by atoms with van der Waals surface area (Å²) in [4.78, 5) is 1.22. The van der Waals surface area contributed by atoms with Gasteiger partial charge in [0.2, 0.25) is 0 Å². The van der Waals surface area contributed by atoms with E-state index in [4.69, 9.17) is 5.73 Å². The predicted molar refractivity (Wildman–Crippen MR) is 80.9 cm³/mol. The monoisotopic (exact) mass is 257 g/mol. The van der Waals surface area contributed by atoms with Gasteiger partial charge in [0.15, 0.2) is 0 Å². The zero-order valence-corrected chi connectivity index (χ0v) is 11.7. The quantitative estimate of drug-likeness (QED) is 0.635. The van der Waals surface area contributed by atoms with Crippen molar-refractivity contribution >= 4 is 17.4 Å². The van der Waals surface area contributed by atoms with Crippen molar-refractivity contribution < 1.29 is 0 Å². The zero-order chi connectivity index (χ0) is 13.0. The molecule has 0 aliphatic rings. The molecule has 0 bridgehead atoms. The Morgan fingerprint density at radius 2 is 1.78 bits per heavy atom. The third-order valence-electron chi connectivity index (χ3n) is 2.91. The molecule has 2 aromatic rings. The molecule has 0 radical (unpaired) electrons. The lowest BCUT2D eigenvalue weighted by molar-refractivity contribution is 0.866. The first-order chi connectivity index (χ1) is 8.65. The number of thioether (sulfide) groups is 1. The fourth-order valence-electron chi connectivity index (χ4n) is 1.77. The maximum atomic E-state index is 5.77. The highest BCUT2D eigenvalue weighted by atomic mass is 32.2. The minimum atomic E-state index is 0.598. The van der Waals surface area contributed by atoms with Gasteiger partial charge >= 0.3 is 0 Å². The molecule has 0 aliphatic carbocycles. The maximum absolute atomic E-state index is 5.77. The normalized spacial score (nSPS) is 10.8. The van der Waals surface area contributed by atoms with Crippen LogP contribution in [0.15, 0.2) is 53.4 Å². The van der Waals surface area contributed by atoms with Gasteiger partial charge in [0, 0.05) is 16.3 Å². The first-order valence-corrected chi connectivity index (χ1v) is 7.21. The highest BCUT2D eigenvalue weighted by Crippen LogP contribution is 2.25. The van der Waals surface area contributed by atoms with Crippen LogP contribution in [0.2, 0.25) is 0 Å². The molecule has 1 nitrogen and oxygen atoms in total. The second-order valence-electron chi connectivity index (χ2n) is 4.76. The number of hydrogen-bond acceptors (Lipinski definition) is 2. The van der Waals surface area contributed by atoms with Crippen LogP contribution in [0, 0.1) is 0 Å². The van der Waals surface area contributed by atoms with Crippen LogP contribution in [0.4, 0.5) is 5.69 Å². The minimum absolute atomic E-state index is 0.598.